The molecular formula is C16H31BrO2. The van der Waals surface area contributed by atoms with E-state index in [0.29, 0.717) is 5.33 Å². The molecule has 1 unspecified atom stereocenters. The lowest BCUT2D eigenvalue weighted by Crippen LogP contribution is -2.14. The molecule has 0 aliphatic rings. The lowest BCUT2D eigenvalue weighted by atomic mass is 10.0. The zero-order valence-electron chi connectivity index (χ0n) is 12.5. The standard InChI is InChI=1S/C16H31BrO2/c1-2-3-4-5-6-7-8-9-10-11-12-13-15(14-17)16(18)19/h15H,2-14H2,1H3,(H,18,19). The molecule has 1 N–H and O–H groups in total. The first-order valence-corrected chi connectivity index (χ1v) is 9.13. The summed E-state index contributed by atoms with van der Waals surface area (Å²) in [5, 5.41) is 9.49. The SMILES string of the molecule is CCCCCCCCCCCCCC(CBr)C(=O)O. The van der Waals surface area contributed by atoms with Crippen LogP contribution in [0.1, 0.15) is 84.0 Å². The zero-order valence-corrected chi connectivity index (χ0v) is 14.1. The molecule has 1 atom stereocenters. The molecule has 0 fully saturated rings. The van der Waals surface area contributed by atoms with Gasteiger partial charge in [0.2, 0.25) is 0 Å². The molecule has 0 aromatic heterocycles. The van der Waals surface area contributed by atoms with Crippen LogP contribution in [0.4, 0.5) is 0 Å². The topological polar surface area (TPSA) is 37.3 Å². The molecule has 3 heteroatoms. The maximum atomic E-state index is 10.8. The molecule has 0 aromatic rings. The minimum atomic E-state index is -0.663. The summed E-state index contributed by atoms with van der Waals surface area (Å²) in [6.45, 7) is 2.25. The van der Waals surface area contributed by atoms with Gasteiger partial charge in [0.25, 0.3) is 0 Å². The van der Waals surface area contributed by atoms with Gasteiger partial charge in [-0.1, -0.05) is 93.5 Å². The normalized spacial score (nSPS) is 12.5. The molecular weight excluding hydrogens is 304 g/mol. The van der Waals surface area contributed by atoms with Crippen molar-refractivity contribution in [1.82, 2.24) is 0 Å². The second kappa shape index (κ2) is 14.4. The van der Waals surface area contributed by atoms with Gasteiger partial charge in [-0.2, -0.15) is 0 Å². The van der Waals surface area contributed by atoms with Crippen LogP contribution in [0, 0.1) is 5.92 Å². The van der Waals surface area contributed by atoms with E-state index in [-0.39, 0.29) is 5.92 Å². The summed E-state index contributed by atoms with van der Waals surface area (Å²) < 4.78 is 0. The molecule has 0 aliphatic carbocycles. The van der Waals surface area contributed by atoms with Crippen molar-refractivity contribution >= 4 is 21.9 Å². The highest BCUT2D eigenvalue weighted by atomic mass is 79.9. The van der Waals surface area contributed by atoms with Gasteiger partial charge >= 0.3 is 5.97 Å². The van der Waals surface area contributed by atoms with Crippen molar-refractivity contribution in [1.29, 1.82) is 0 Å². The number of aliphatic carboxylic acids is 1. The van der Waals surface area contributed by atoms with Gasteiger partial charge in [-0.05, 0) is 6.42 Å². The first-order valence-electron chi connectivity index (χ1n) is 8.01. The van der Waals surface area contributed by atoms with Gasteiger partial charge in [-0.3, -0.25) is 4.79 Å². The molecule has 0 spiro atoms. The van der Waals surface area contributed by atoms with Crippen LogP contribution in [-0.2, 0) is 4.79 Å². The number of hydrogen-bond acceptors (Lipinski definition) is 1. The fourth-order valence-corrected chi connectivity index (χ4v) is 2.92. The number of unbranched alkanes of at least 4 members (excludes halogenated alkanes) is 10. The second-order valence-corrected chi connectivity index (χ2v) is 6.16. The Labute approximate surface area is 127 Å². The molecule has 0 amide bonds. The maximum absolute atomic E-state index is 10.8. The second-order valence-electron chi connectivity index (χ2n) is 5.51. The van der Waals surface area contributed by atoms with Crippen molar-refractivity contribution in [3.05, 3.63) is 0 Å². The van der Waals surface area contributed by atoms with E-state index in [4.69, 9.17) is 5.11 Å². The number of hydrogen-bond donors (Lipinski definition) is 1. The molecule has 0 saturated carbocycles. The fraction of sp³-hybridized carbons (Fsp3) is 0.938. The average Bonchev–Trinajstić information content (AvgIpc) is 2.40. The Balaban J connectivity index is 3.16. The van der Waals surface area contributed by atoms with Crippen LogP contribution in [0.25, 0.3) is 0 Å². The van der Waals surface area contributed by atoms with Gasteiger partial charge in [-0.25, -0.2) is 0 Å². The Morgan fingerprint density at radius 2 is 1.32 bits per heavy atom. The van der Waals surface area contributed by atoms with E-state index in [9.17, 15) is 4.79 Å². The van der Waals surface area contributed by atoms with Crippen molar-refractivity contribution < 1.29 is 9.90 Å². The summed E-state index contributed by atoms with van der Waals surface area (Å²) in [4.78, 5) is 10.8. The monoisotopic (exact) mass is 334 g/mol. The lowest BCUT2D eigenvalue weighted by molar-refractivity contribution is -0.141. The summed E-state index contributed by atoms with van der Waals surface area (Å²) in [5.74, 6) is -0.859. The van der Waals surface area contributed by atoms with E-state index < -0.39 is 5.97 Å². The summed E-state index contributed by atoms with van der Waals surface area (Å²) in [5.41, 5.74) is 0. The first-order chi connectivity index (χ1) is 9.22. The minimum absolute atomic E-state index is 0.196. The van der Waals surface area contributed by atoms with Crippen LogP contribution in [-0.4, -0.2) is 16.4 Å². The molecule has 114 valence electrons. The Bertz CT molecular complexity index is 207. The molecule has 0 aromatic carbocycles. The maximum Gasteiger partial charge on any atom is 0.307 e. The van der Waals surface area contributed by atoms with E-state index in [1.807, 2.05) is 0 Å². The molecule has 0 aliphatic heterocycles. The third-order valence-electron chi connectivity index (χ3n) is 3.69. The minimum Gasteiger partial charge on any atom is -0.481 e. The van der Waals surface area contributed by atoms with Crippen molar-refractivity contribution in [2.45, 2.75) is 84.0 Å². The van der Waals surface area contributed by atoms with Gasteiger partial charge in [0.15, 0.2) is 0 Å². The fourth-order valence-electron chi connectivity index (χ4n) is 2.32. The summed E-state index contributed by atoms with van der Waals surface area (Å²) in [7, 11) is 0. The molecule has 19 heavy (non-hydrogen) atoms. The highest BCUT2D eigenvalue weighted by molar-refractivity contribution is 9.09. The Morgan fingerprint density at radius 3 is 1.68 bits per heavy atom. The Hall–Kier alpha value is -0.0500. The van der Waals surface area contributed by atoms with Crippen LogP contribution in [0.2, 0.25) is 0 Å². The van der Waals surface area contributed by atoms with Crippen LogP contribution >= 0.6 is 15.9 Å². The average molecular weight is 335 g/mol. The van der Waals surface area contributed by atoms with Crippen LogP contribution in [0.3, 0.4) is 0 Å². The van der Waals surface area contributed by atoms with E-state index in [2.05, 4.69) is 22.9 Å². The Kier molecular flexibility index (Phi) is 14.3. The predicted molar refractivity (Wildman–Crippen MR) is 86.0 cm³/mol. The molecule has 0 rings (SSSR count). The Morgan fingerprint density at radius 1 is 0.895 bits per heavy atom. The van der Waals surface area contributed by atoms with Crippen molar-refractivity contribution in [2.24, 2.45) is 5.92 Å². The highest BCUT2D eigenvalue weighted by Crippen LogP contribution is 2.15. The summed E-state index contributed by atoms with van der Waals surface area (Å²) >= 11 is 3.26. The molecule has 2 nitrogen and oxygen atoms in total. The van der Waals surface area contributed by atoms with Gasteiger partial charge in [0, 0.05) is 5.33 Å². The number of alkyl halides is 1. The first kappa shape index (κ1) is 18.9. The number of carboxylic acids is 1. The van der Waals surface area contributed by atoms with Gasteiger partial charge in [0.05, 0.1) is 5.92 Å². The van der Waals surface area contributed by atoms with Gasteiger partial charge < -0.3 is 5.11 Å². The van der Waals surface area contributed by atoms with Crippen molar-refractivity contribution in [3.8, 4) is 0 Å². The number of halogens is 1. The summed E-state index contributed by atoms with van der Waals surface area (Å²) in [6, 6.07) is 0. The molecule has 0 saturated heterocycles. The van der Waals surface area contributed by atoms with E-state index in [0.717, 1.165) is 12.8 Å². The molecule has 0 radical (unpaired) electrons. The quantitative estimate of drug-likeness (QED) is 0.322. The summed E-state index contributed by atoms with van der Waals surface area (Å²) in [6.07, 6.45) is 15.3. The van der Waals surface area contributed by atoms with Gasteiger partial charge in [-0.15, -0.1) is 0 Å². The smallest absolute Gasteiger partial charge is 0.307 e. The molecule has 0 heterocycles. The number of carboxylic acid groups (broad SMARTS) is 1. The highest BCUT2D eigenvalue weighted by Gasteiger charge is 2.14. The third-order valence-corrected chi connectivity index (χ3v) is 4.47. The zero-order chi connectivity index (χ0) is 14.3. The van der Waals surface area contributed by atoms with Gasteiger partial charge in [0.1, 0.15) is 0 Å². The molecule has 0 bridgehead atoms. The number of rotatable bonds is 14. The van der Waals surface area contributed by atoms with E-state index in [1.54, 1.807) is 0 Å². The predicted octanol–water partition coefficient (Wildman–Crippen LogP) is 5.78. The lowest BCUT2D eigenvalue weighted by Gasteiger charge is -2.08. The van der Waals surface area contributed by atoms with Crippen LogP contribution < -0.4 is 0 Å². The van der Waals surface area contributed by atoms with Crippen LogP contribution in [0.15, 0.2) is 0 Å². The van der Waals surface area contributed by atoms with E-state index in [1.165, 1.54) is 64.2 Å². The van der Waals surface area contributed by atoms with Crippen LogP contribution in [0.5, 0.6) is 0 Å². The largest absolute Gasteiger partial charge is 0.481 e. The van der Waals surface area contributed by atoms with Crippen molar-refractivity contribution in [2.75, 3.05) is 5.33 Å². The third kappa shape index (κ3) is 12.7. The number of carbonyl (C=O) groups is 1. The van der Waals surface area contributed by atoms with Crippen molar-refractivity contribution in [3.63, 3.8) is 0 Å². The van der Waals surface area contributed by atoms with E-state index >= 15 is 0 Å².